The Kier molecular flexibility index (Phi) is 41.8. The molecule has 0 saturated carbocycles. The summed E-state index contributed by atoms with van der Waals surface area (Å²) in [5.41, 5.74) is 0. The van der Waals surface area contributed by atoms with Crippen LogP contribution in [0.25, 0.3) is 0 Å². The van der Waals surface area contributed by atoms with Crippen molar-refractivity contribution in [2.45, 2.75) is 154 Å². The number of phosphoric acid groups is 1. The number of unbranched alkanes of at least 4 members (excludes halogenated alkanes) is 6. The first kappa shape index (κ1) is 57.4. The molecule has 0 saturated heterocycles. The van der Waals surface area contributed by atoms with Crippen LogP contribution < -0.4 is 0 Å². The fraction of sp³-hybridized carbons (Fsp3) is 0.560. The molecule has 0 radical (unpaired) electrons. The van der Waals surface area contributed by atoms with E-state index < -0.39 is 51.8 Å². The Morgan fingerprint density at radius 2 is 0.852 bits per heavy atom. The third kappa shape index (κ3) is 44.2. The summed E-state index contributed by atoms with van der Waals surface area (Å²) in [5.74, 6) is -1.01. The van der Waals surface area contributed by atoms with Gasteiger partial charge in [-0.2, -0.15) is 0 Å². The summed E-state index contributed by atoms with van der Waals surface area (Å²) in [7, 11) is -4.65. The largest absolute Gasteiger partial charge is 0.472 e. The van der Waals surface area contributed by atoms with Crippen molar-refractivity contribution in [3.05, 3.63) is 122 Å². The van der Waals surface area contributed by atoms with Gasteiger partial charge in [-0.05, 0) is 103 Å². The van der Waals surface area contributed by atoms with Gasteiger partial charge in [0.2, 0.25) is 0 Å². The molecule has 3 atom stereocenters. The van der Waals surface area contributed by atoms with Gasteiger partial charge in [-0.15, -0.1) is 0 Å². The maximum absolute atomic E-state index is 12.6. The molecular formula is C50H79O10P. The van der Waals surface area contributed by atoms with Crippen LogP contribution >= 0.6 is 7.82 Å². The lowest BCUT2D eigenvalue weighted by Gasteiger charge is -2.20. The van der Waals surface area contributed by atoms with E-state index in [0.717, 1.165) is 103 Å². The van der Waals surface area contributed by atoms with Crippen LogP contribution in [-0.2, 0) is 32.7 Å². The molecule has 61 heavy (non-hydrogen) atoms. The SMILES string of the molecule is CC/C=C\C/C=C\C/C=C\C/C=C\C/C=C\CCCCCC(=O)OC[C@H](COP(=O)(O)OC[C@@H](O)CO)OC(=O)CCCCC/C=C\C/C=C\C/C=C\C/C=C\C/C=C\CC. The highest BCUT2D eigenvalue weighted by Gasteiger charge is 2.27. The lowest BCUT2D eigenvalue weighted by Crippen LogP contribution is -2.29. The van der Waals surface area contributed by atoms with Gasteiger partial charge in [-0.25, -0.2) is 4.57 Å². The van der Waals surface area contributed by atoms with Crippen molar-refractivity contribution in [3.8, 4) is 0 Å². The number of aliphatic hydroxyl groups is 2. The number of allylic oxidation sites excluding steroid dienone is 20. The normalized spacial score (nSPS) is 14.9. The van der Waals surface area contributed by atoms with E-state index in [1.807, 2.05) is 0 Å². The summed E-state index contributed by atoms with van der Waals surface area (Å²) in [5, 5.41) is 18.4. The standard InChI is InChI=1S/C50H79O10P/c1-3-5-7-9-11-13-15-17-19-21-23-25-27-29-31-33-35-37-39-41-49(53)57-45-48(46-59-61(55,56)58-44-47(52)43-51)60-50(54)42-40-38-36-34-32-30-28-26-24-22-20-18-16-14-12-10-8-6-4-2/h5-8,11-14,17-20,23-26,29-32,47-48,51-52H,3-4,9-10,15-16,21-22,27-28,33-46H2,1-2H3,(H,55,56)/b7-5-,8-6-,13-11-,14-12-,19-17-,20-18-,25-23-,26-24-,31-29-,32-30-/t47-,48+/m0/s1. The highest BCUT2D eigenvalue weighted by atomic mass is 31.2. The quantitative estimate of drug-likeness (QED) is 0.0235. The molecule has 0 aromatic carbocycles. The molecule has 0 spiro atoms. The predicted octanol–water partition coefficient (Wildman–Crippen LogP) is 12.3. The van der Waals surface area contributed by atoms with E-state index in [0.29, 0.717) is 12.8 Å². The second kappa shape index (κ2) is 44.4. The third-order valence-electron chi connectivity index (χ3n) is 8.61. The third-order valence-corrected chi connectivity index (χ3v) is 9.56. The van der Waals surface area contributed by atoms with Gasteiger partial charge in [0.25, 0.3) is 0 Å². The molecule has 0 fully saturated rings. The van der Waals surface area contributed by atoms with E-state index >= 15 is 0 Å². The van der Waals surface area contributed by atoms with E-state index in [-0.39, 0.29) is 19.4 Å². The molecule has 0 heterocycles. The number of rotatable bonds is 40. The van der Waals surface area contributed by atoms with Gasteiger partial charge in [0, 0.05) is 12.8 Å². The molecule has 3 N–H and O–H groups in total. The average molecular weight is 871 g/mol. The minimum absolute atomic E-state index is 0.129. The Hall–Kier alpha value is -3.63. The molecule has 0 amide bonds. The smallest absolute Gasteiger partial charge is 0.462 e. The lowest BCUT2D eigenvalue weighted by atomic mass is 10.1. The molecule has 0 aliphatic heterocycles. The number of aliphatic hydroxyl groups excluding tert-OH is 2. The van der Waals surface area contributed by atoms with Gasteiger partial charge in [-0.3, -0.25) is 18.6 Å². The molecule has 0 aromatic rings. The van der Waals surface area contributed by atoms with Gasteiger partial charge in [0.15, 0.2) is 6.10 Å². The van der Waals surface area contributed by atoms with E-state index in [1.54, 1.807) is 0 Å². The van der Waals surface area contributed by atoms with Gasteiger partial charge >= 0.3 is 19.8 Å². The number of phosphoric ester groups is 1. The monoisotopic (exact) mass is 871 g/mol. The van der Waals surface area contributed by atoms with Crippen LogP contribution in [0.3, 0.4) is 0 Å². The van der Waals surface area contributed by atoms with Gasteiger partial charge < -0.3 is 24.6 Å². The maximum Gasteiger partial charge on any atom is 0.472 e. The maximum atomic E-state index is 12.6. The topological polar surface area (TPSA) is 149 Å². The molecule has 1 unspecified atom stereocenters. The molecule has 0 aliphatic carbocycles. The Balaban J connectivity index is 4.44. The lowest BCUT2D eigenvalue weighted by molar-refractivity contribution is -0.161. The summed E-state index contributed by atoms with van der Waals surface area (Å²) in [4.78, 5) is 35.1. The van der Waals surface area contributed by atoms with Crippen molar-refractivity contribution in [1.29, 1.82) is 0 Å². The van der Waals surface area contributed by atoms with Crippen LogP contribution in [0, 0.1) is 0 Å². The van der Waals surface area contributed by atoms with Crippen LogP contribution in [0.2, 0.25) is 0 Å². The summed E-state index contributed by atoms with van der Waals surface area (Å²) in [6.07, 6.45) is 57.3. The summed E-state index contributed by atoms with van der Waals surface area (Å²) in [6.45, 7) is 2.05. The zero-order valence-electron chi connectivity index (χ0n) is 37.3. The van der Waals surface area contributed by atoms with Crippen molar-refractivity contribution in [2.75, 3.05) is 26.4 Å². The molecule has 11 heteroatoms. The van der Waals surface area contributed by atoms with Gasteiger partial charge in [0.05, 0.1) is 19.8 Å². The second-order valence-corrected chi connectivity index (χ2v) is 15.8. The zero-order chi connectivity index (χ0) is 44.8. The van der Waals surface area contributed by atoms with Crippen LogP contribution in [0.5, 0.6) is 0 Å². The number of carbonyl (C=O) groups excluding carboxylic acids is 2. The molecule has 0 aromatic heterocycles. The first-order valence-electron chi connectivity index (χ1n) is 22.5. The van der Waals surface area contributed by atoms with Crippen molar-refractivity contribution in [1.82, 2.24) is 0 Å². The van der Waals surface area contributed by atoms with E-state index in [1.165, 1.54) is 0 Å². The fourth-order valence-corrected chi connectivity index (χ4v) is 6.01. The van der Waals surface area contributed by atoms with E-state index in [9.17, 15) is 24.2 Å². The first-order chi connectivity index (χ1) is 29.7. The number of hydrogen-bond donors (Lipinski definition) is 3. The first-order valence-corrected chi connectivity index (χ1v) is 24.0. The number of hydrogen-bond acceptors (Lipinski definition) is 9. The Morgan fingerprint density at radius 3 is 1.25 bits per heavy atom. The molecule has 10 nitrogen and oxygen atoms in total. The van der Waals surface area contributed by atoms with Gasteiger partial charge in [0.1, 0.15) is 12.7 Å². The molecular weight excluding hydrogens is 792 g/mol. The minimum atomic E-state index is -4.65. The van der Waals surface area contributed by atoms with Crippen molar-refractivity contribution in [3.63, 3.8) is 0 Å². The fourth-order valence-electron chi connectivity index (χ4n) is 5.22. The second-order valence-electron chi connectivity index (χ2n) is 14.3. The number of esters is 2. The predicted molar refractivity (Wildman–Crippen MR) is 251 cm³/mol. The van der Waals surface area contributed by atoms with Crippen LogP contribution in [0.15, 0.2) is 122 Å². The number of carbonyl (C=O) groups is 2. The highest BCUT2D eigenvalue weighted by molar-refractivity contribution is 7.47. The Labute approximate surface area is 368 Å². The molecule has 344 valence electrons. The summed E-state index contributed by atoms with van der Waals surface area (Å²) in [6, 6.07) is 0. The highest BCUT2D eigenvalue weighted by Crippen LogP contribution is 2.43. The minimum Gasteiger partial charge on any atom is -0.462 e. The zero-order valence-corrected chi connectivity index (χ0v) is 38.2. The van der Waals surface area contributed by atoms with Crippen molar-refractivity contribution < 1.29 is 47.8 Å². The molecule has 0 rings (SSSR count). The summed E-state index contributed by atoms with van der Waals surface area (Å²) < 4.78 is 32.7. The summed E-state index contributed by atoms with van der Waals surface area (Å²) >= 11 is 0. The Bertz CT molecular complexity index is 1420. The van der Waals surface area contributed by atoms with Crippen LogP contribution in [-0.4, -0.2) is 65.7 Å². The molecule has 0 bridgehead atoms. The van der Waals surface area contributed by atoms with E-state index in [4.69, 9.17) is 19.1 Å². The van der Waals surface area contributed by atoms with Crippen molar-refractivity contribution in [2.24, 2.45) is 0 Å². The van der Waals surface area contributed by atoms with E-state index in [2.05, 4.69) is 140 Å². The number of ether oxygens (including phenoxy) is 2. The van der Waals surface area contributed by atoms with Gasteiger partial charge in [-0.1, -0.05) is 148 Å². The average Bonchev–Trinajstić information content (AvgIpc) is 3.25. The Morgan fingerprint density at radius 1 is 0.492 bits per heavy atom. The molecule has 0 aliphatic rings. The van der Waals surface area contributed by atoms with Crippen LogP contribution in [0.4, 0.5) is 0 Å². The van der Waals surface area contributed by atoms with Crippen molar-refractivity contribution >= 4 is 19.8 Å². The van der Waals surface area contributed by atoms with Crippen LogP contribution in [0.1, 0.15) is 142 Å².